The number of nitrogens with zero attached hydrogens (tertiary/aromatic N) is 2. The Bertz CT molecular complexity index is 725. The van der Waals surface area contributed by atoms with Crippen LogP contribution < -0.4 is 5.73 Å². The Balaban J connectivity index is 1.86. The highest BCUT2D eigenvalue weighted by atomic mass is 32.1. The van der Waals surface area contributed by atoms with Gasteiger partial charge in [-0.25, -0.2) is 0 Å². The second-order valence-corrected chi connectivity index (χ2v) is 5.81. The molecule has 2 heterocycles. The van der Waals surface area contributed by atoms with Crippen molar-refractivity contribution in [3.05, 3.63) is 52.2 Å². The number of rotatable bonds is 3. The first kappa shape index (κ1) is 12.9. The SMILES string of the molecule is Cc1cc(C)cc(Cc2noc(-c3sccc3N)n2)c1. The standard InChI is InChI=1S/C15H15N3OS/c1-9-5-10(2)7-11(6-9)8-13-17-15(19-18-13)14-12(16)3-4-20-14/h3-7H,8,16H2,1-2H3. The van der Waals surface area contributed by atoms with Crippen LogP contribution in [0.25, 0.3) is 10.8 Å². The minimum atomic E-state index is 0.497. The molecule has 0 spiro atoms. The van der Waals surface area contributed by atoms with Crippen LogP contribution in [0.3, 0.4) is 0 Å². The first-order chi connectivity index (χ1) is 9.61. The van der Waals surface area contributed by atoms with Crippen LogP contribution in [0.15, 0.2) is 34.2 Å². The van der Waals surface area contributed by atoms with Gasteiger partial charge in [0.05, 0.1) is 5.69 Å². The zero-order valence-electron chi connectivity index (χ0n) is 11.4. The molecule has 0 saturated carbocycles. The molecule has 0 fully saturated rings. The van der Waals surface area contributed by atoms with Gasteiger partial charge in [0.25, 0.3) is 5.89 Å². The number of aryl methyl sites for hydroxylation is 2. The van der Waals surface area contributed by atoms with Crippen LogP contribution in [-0.4, -0.2) is 10.1 Å². The summed E-state index contributed by atoms with van der Waals surface area (Å²) in [6.07, 6.45) is 0.664. The van der Waals surface area contributed by atoms with Gasteiger partial charge in [0.15, 0.2) is 5.82 Å². The van der Waals surface area contributed by atoms with Crippen molar-refractivity contribution in [2.75, 3.05) is 5.73 Å². The molecule has 0 aliphatic carbocycles. The van der Waals surface area contributed by atoms with Crippen molar-refractivity contribution in [1.82, 2.24) is 10.1 Å². The third-order valence-corrected chi connectivity index (χ3v) is 3.92. The zero-order valence-corrected chi connectivity index (χ0v) is 12.2. The molecule has 0 bridgehead atoms. The number of nitrogens with two attached hydrogens (primary N) is 1. The van der Waals surface area contributed by atoms with Crippen LogP contribution in [0.5, 0.6) is 0 Å². The van der Waals surface area contributed by atoms with Crippen molar-refractivity contribution in [2.45, 2.75) is 20.3 Å². The quantitative estimate of drug-likeness (QED) is 0.798. The van der Waals surface area contributed by atoms with Gasteiger partial charge >= 0.3 is 0 Å². The molecule has 5 heteroatoms. The molecule has 3 aromatic rings. The van der Waals surface area contributed by atoms with Crippen LogP contribution in [0, 0.1) is 13.8 Å². The van der Waals surface area contributed by atoms with Crippen molar-refractivity contribution in [2.24, 2.45) is 0 Å². The number of nitrogen functional groups attached to an aromatic ring is 1. The van der Waals surface area contributed by atoms with Gasteiger partial charge in [0.2, 0.25) is 0 Å². The molecule has 4 nitrogen and oxygen atoms in total. The van der Waals surface area contributed by atoms with Crippen molar-refractivity contribution in [3.8, 4) is 10.8 Å². The monoisotopic (exact) mass is 285 g/mol. The molecule has 0 radical (unpaired) electrons. The second kappa shape index (κ2) is 5.09. The lowest BCUT2D eigenvalue weighted by molar-refractivity contribution is 0.425. The van der Waals surface area contributed by atoms with E-state index in [1.54, 1.807) is 0 Å². The van der Waals surface area contributed by atoms with Crippen molar-refractivity contribution >= 4 is 17.0 Å². The maximum Gasteiger partial charge on any atom is 0.270 e. The summed E-state index contributed by atoms with van der Waals surface area (Å²) in [5, 5.41) is 5.95. The number of hydrogen-bond acceptors (Lipinski definition) is 5. The van der Waals surface area contributed by atoms with Crippen LogP contribution in [0.1, 0.15) is 22.5 Å². The lowest BCUT2D eigenvalue weighted by Crippen LogP contribution is -1.93. The number of benzene rings is 1. The van der Waals surface area contributed by atoms with E-state index in [0.717, 1.165) is 4.88 Å². The summed E-state index contributed by atoms with van der Waals surface area (Å²) in [6, 6.07) is 8.27. The predicted molar refractivity (Wildman–Crippen MR) is 80.7 cm³/mol. The van der Waals surface area contributed by atoms with Crippen LogP contribution in [0.2, 0.25) is 0 Å². The Morgan fingerprint density at radius 3 is 2.60 bits per heavy atom. The minimum absolute atomic E-state index is 0.497. The molecule has 2 N–H and O–H groups in total. The Hall–Kier alpha value is -2.14. The van der Waals surface area contributed by atoms with Crippen LogP contribution in [0.4, 0.5) is 5.69 Å². The predicted octanol–water partition coefficient (Wildman–Crippen LogP) is 3.59. The second-order valence-electron chi connectivity index (χ2n) is 4.89. The molecule has 0 saturated heterocycles. The van der Waals surface area contributed by atoms with E-state index in [1.807, 2.05) is 11.4 Å². The van der Waals surface area contributed by atoms with Gasteiger partial charge in [0, 0.05) is 6.42 Å². The fourth-order valence-corrected chi connectivity index (χ4v) is 3.00. The fraction of sp³-hybridized carbons (Fsp3) is 0.200. The number of aromatic nitrogens is 2. The van der Waals surface area contributed by atoms with E-state index in [4.69, 9.17) is 10.3 Å². The van der Waals surface area contributed by atoms with Gasteiger partial charge in [-0.05, 0) is 30.9 Å². The molecular formula is C15H15N3OS. The van der Waals surface area contributed by atoms with E-state index in [2.05, 4.69) is 42.2 Å². The van der Waals surface area contributed by atoms with Gasteiger partial charge in [0.1, 0.15) is 4.88 Å². The third-order valence-electron chi connectivity index (χ3n) is 3.00. The van der Waals surface area contributed by atoms with Gasteiger partial charge < -0.3 is 10.3 Å². The molecule has 2 aromatic heterocycles. The average molecular weight is 285 g/mol. The van der Waals surface area contributed by atoms with E-state index in [9.17, 15) is 0 Å². The fourth-order valence-electron chi connectivity index (χ4n) is 2.26. The Morgan fingerprint density at radius 2 is 1.95 bits per heavy atom. The van der Waals surface area contributed by atoms with Crippen LogP contribution in [-0.2, 0) is 6.42 Å². The molecule has 3 rings (SSSR count). The highest BCUT2D eigenvalue weighted by molar-refractivity contribution is 7.14. The Labute approximate surface area is 121 Å². The Kier molecular flexibility index (Phi) is 3.28. The highest BCUT2D eigenvalue weighted by Gasteiger charge is 2.13. The summed E-state index contributed by atoms with van der Waals surface area (Å²) in [4.78, 5) is 5.26. The smallest absolute Gasteiger partial charge is 0.270 e. The largest absolute Gasteiger partial charge is 0.397 e. The third kappa shape index (κ3) is 2.58. The summed E-state index contributed by atoms with van der Waals surface area (Å²) in [6.45, 7) is 4.18. The van der Waals surface area contributed by atoms with E-state index in [0.29, 0.717) is 23.8 Å². The number of anilines is 1. The van der Waals surface area contributed by atoms with Crippen molar-refractivity contribution in [3.63, 3.8) is 0 Å². The van der Waals surface area contributed by atoms with E-state index in [-0.39, 0.29) is 0 Å². The van der Waals surface area contributed by atoms with Gasteiger partial charge in [-0.2, -0.15) is 4.98 Å². The van der Waals surface area contributed by atoms with Gasteiger partial charge in [-0.1, -0.05) is 34.5 Å². The molecule has 0 amide bonds. The van der Waals surface area contributed by atoms with Crippen molar-refractivity contribution < 1.29 is 4.52 Å². The molecule has 0 aliphatic rings. The molecule has 1 aromatic carbocycles. The summed E-state index contributed by atoms with van der Waals surface area (Å²) in [5.74, 6) is 1.18. The maximum absolute atomic E-state index is 5.86. The maximum atomic E-state index is 5.86. The summed E-state index contributed by atoms with van der Waals surface area (Å²) in [5.41, 5.74) is 10.2. The van der Waals surface area contributed by atoms with E-state index < -0.39 is 0 Å². The van der Waals surface area contributed by atoms with Crippen LogP contribution >= 0.6 is 11.3 Å². The molecule has 0 atom stereocenters. The lowest BCUT2D eigenvalue weighted by Gasteiger charge is -2.01. The molecule has 0 unspecified atom stereocenters. The van der Waals surface area contributed by atoms with Crippen molar-refractivity contribution in [1.29, 1.82) is 0 Å². The zero-order chi connectivity index (χ0) is 14.1. The number of thiophene rings is 1. The molecule has 20 heavy (non-hydrogen) atoms. The topological polar surface area (TPSA) is 64.9 Å². The summed E-state index contributed by atoms with van der Waals surface area (Å²) < 4.78 is 5.29. The highest BCUT2D eigenvalue weighted by Crippen LogP contribution is 2.30. The first-order valence-electron chi connectivity index (χ1n) is 6.35. The van der Waals surface area contributed by atoms with Gasteiger partial charge in [-0.3, -0.25) is 0 Å². The molecule has 0 aliphatic heterocycles. The average Bonchev–Trinajstić information content (AvgIpc) is 2.96. The molecule has 102 valence electrons. The Morgan fingerprint density at radius 1 is 1.20 bits per heavy atom. The normalized spacial score (nSPS) is 10.9. The van der Waals surface area contributed by atoms with E-state index in [1.165, 1.54) is 28.0 Å². The number of hydrogen-bond donors (Lipinski definition) is 1. The van der Waals surface area contributed by atoms with Gasteiger partial charge in [-0.15, -0.1) is 11.3 Å². The van der Waals surface area contributed by atoms with E-state index >= 15 is 0 Å². The summed E-state index contributed by atoms with van der Waals surface area (Å²) in [7, 11) is 0. The molecular weight excluding hydrogens is 270 g/mol. The summed E-state index contributed by atoms with van der Waals surface area (Å²) >= 11 is 1.51. The minimum Gasteiger partial charge on any atom is -0.397 e. The first-order valence-corrected chi connectivity index (χ1v) is 7.23. The lowest BCUT2D eigenvalue weighted by atomic mass is 10.1.